The number of hydrogen-bond acceptors (Lipinski definition) is 5. The largest absolute Gasteiger partial charge is 0.458 e. The van der Waals surface area contributed by atoms with Crippen LogP contribution in [0.1, 0.15) is 32.8 Å². The third kappa shape index (κ3) is 8.50. The molecule has 0 saturated carbocycles. The van der Waals surface area contributed by atoms with Gasteiger partial charge in [-0.25, -0.2) is 4.79 Å². The monoisotopic (exact) mass is 376 g/mol. The molecule has 1 aromatic rings. The third-order valence-corrected chi connectivity index (χ3v) is 3.45. The van der Waals surface area contributed by atoms with Gasteiger partial charge in [-0.3, -0.25) is 9.59 Å². The van der Waals surface area contributed by atoms with Crippen molar-refractivity contribution in [3.63, 3.8) is 0 Å². The minimum atomic E-state index is -0.813. The average molecular weight is 376 g/mol. The fourth-order valence-corrected chi connectivity index (χ4v) is 2.26. The van der Waals surface area contributed by atoms with Gasteiger partial charge in [0.25, 0.3) is 0 Å². The fourth-order valence-electron chi connectivity index (χ4n) is 2.26. The van der Waals surface area contributed by atoms with Gasteiger partial charge in [-0.05, 0) is 38.5 Å². The Hall–Kier alpha value is -2.67. The molecule has 2 amide bonds. The number of hydrogen-bond donors (Lipinski definition) is 2. The van der Waals surface area contributed by atoms with Crippen molar-refractivity contribution in [2.24, 2.45) is 0 Å². The molecule has 0 aliphatic heterocycles. The lowest BCUT2D eigenvalue weighted by atomic mass is 10.1. The first-order valence-electron chi connectivity index (χ1n) is 8.68. The van der Waals surface area contributed by atoms with Crippen LogP contribution >= 0.6 is 0 Å². The standard InChI is InChI=1S/C20H28N2O5/c1-6-17(23)21-15-10-8-7-9-14(15)13-18(24)22-16(11-12-26-5)19(25)27-20(2,3)4/h6-10,16H,1,11-13H2,2-5H3,(H,21,23)(H,22,24). The molecule has 0 heterocycles. The highest BCUT2D eigenvalue weighted by atomic mass is 16.6. The van der Waals surface area contributed by atoms with Gasteiger partial charge in [0.1, 0.15) is 11.6 Å². The number of esters is 1. The fraction of sp³-hybridized carbons (Fsp3) is 0.450. The van der Waals surface area contributed by atoms with E-state index in [4.69, 9.17) is 9.47 Å². The Kier molecular flexibility index (Phi) is 8.68. The van der Waals surface area contributed by atoms with Crippen LogP contribution in [0.4, 0.5) is 5.69 Å². The molecule has 0 spiro atoms. The van der Waals surface area contributed by atoms with Crippen LogP contribution in [0, 0.1) is 0 Å². The van der Waals surface area contributed by atoms with Crippen molar-refractivity contribution in [1.29, 1.82) is 0 Å². The molecule has 7 heteroatoms. The molecule has 2 N–H and O–H groups in total. The van der Waals surface area contributed by atoms with Crippen molar-refractivity contribution in [2.45, 2.75) is 45.3 Å². The second-order valence-corrected chi connectivity index (χ2v) is 6.96. The van der Waals surface area contributed by atoms with Crippen molar-refractivity contribution < 1.29 is 23.9 Å². The smallest absolute Gasteiger partial charge is 0.329 e. The molecule has 1 aromatic carbocycles. The van der Waals surface area contributed by atoms with Gasteiger partial charge < -0.3 is 20.1 Å². The minimum Gasteiger partial charge on any atom is -0.458 e. The molecule has 0 saturated heterocycles. The first-order chi connectivity index (χ1) is 12.7. The van der Waals surface area contributed by atoms with Gasteiger partial charge in [-0.2, -0.15) is 0 Å². The lowest BCUT2D eigenvalue weighted by molar-refractivity contribution is -0.159. The van der Waals surface area contributed by atoms with E-state index in [2.05, 4.69) is 17.2 Å². The average Bonchev–Trinajstić information content (AvgIpc) is 2.58. The molecular formula is C20H28N2O5. The van der Waals surface area contributed by atoms with Gasteiger partial charge in [0, 0.05) is 25.8 Å². The maximum absolute atomic E-state index is 12.5. The van der Waals surface area contributed by atoms with Crippen LogP contribution < -0.4 is 10.6 Å². The molecule has 1 rings (SSSR count). The van der Waals surface area contributed by atoms with Crippen LogP contribution in [0.5, 0.6) is 0 Å². The summed E-state index contributed by atoms with van der Waals surface area (Å²) in [7, 11) is 1.52. The Bertz CT molecular complexity index is 679. The summed E-state index contributed by atoms with van der Waals surface area (Å²) in [6.45, 7) is 9.00. The molecule has 0 fully saturated rings. The number of methoxy groups -OCH3 is 1. The summed E-state index contributed by atoms with van der Waals surface area (Å²) in [6, 6.07) is 6.13. The Morgan fingerprint density at radius 2 is 1.89 bits per heavy atom. The van der Waals surface area contributed by atoms with Gasteiger partial charge in [-0.15, -0.1) is 0 Å². The van der Waals surface area contributed by atoms with Gasteiger partial charge >= 0.3 is 5.97 Å². The highest BCUT2D eigenvalue weighted by molar-refractivity contribution is 6.00. The van der Waals surface area contributed by atoms with E-state index >= 15 is 0 Å². The van der Waals surface area contributed by atoms with Crippen molar-refractivity contribution >= 4 is 23.5 Å². The molecular weight excluding hydrogens is 348 g/mol. The second-order valence-electron chi connectivity index (χ2n) is 6.96. The number of ether oxygens (including phenoxy) is 2. The van der Waals surface area contributed by atoms with Gasteiger partial charge in [0.15, 0.2) is 0 Å². The van der Waals surface area contributed by atoms with E-state index < -0.39 is 17.6 Å². The minimum absolute atomic E-state index is 0.000123. The maximum atomic E-state index is 12.5. The van der Waals surface area contributed by atoms with Crippen LogP contribution in [-0.2, 0) is 30.3 Å². The molecule has 1 unspecified atom stereocenters. The van der Waals surface area contributed by atoms with Crippen LogP contribution in [0.25, 0.3) is 0 Å². The quantitative estimate of drug-likeness (QED) is 0.509. The van der Waals surface area contributed by atoms with E-state index in [-0.39, 0.29) is 18.2 Å². The summed E-state index contributed by atoms with van der Waals surface area (Å²) < 4.78 is 10.4. The molecule has 1 atom stereocenters. The number of rotatable bonds is 9. The molecule has 148 valence electrons. The van der Waals surface area contributed by atoms with Crippen molar-refractivity contribution in [3.05, 3.63) is 42.5 Å². The van der Waals surface area contributed by atoms with E-state index in [0.29, 0.717) is 24.3 Å². The summed E-state index contributed by atoms with van der Waals surface area (Å²) >= 11 is 0. The first-order valence-corrected chi connectivity index (χ1v) is 8.68. The summed E-state index contributed by atoms with van der Waals surface area (Å²) in [5, 5.41) is 5.35. The Labute approximate surface area is 160 Å². The Balaban J connectivity index is 2.83. The number of nitrogens with one attached hydrogen (secondary N) is 2. The van der Waals surface area contributed by atoms with Crippen molar-refractivity contribution in [2.75, 3.05) is 19.0 Å². The van der Waals surface area contributed by atoms with E-state index in [0.717, 1.165) is 6.08 Å². The van der Waals surface area contributed by atoms with Crippen LogP contribution in [0.2, 0.25) is 0 Å². The summed E-state index contributed by atoms with van der Waals surface area (Å²) in [5.74, 6) is -1.24. The second kappa shape index (κ2) is 10.5. The van der Waals surface area contributed by atoms with Crippen molar-refractivity contribution in [3.8, 4) is 0 Å². The molecule has 0 radical (unpaired) electrons. The molecule has 7 nitrogen and oxygen atoms in total. The van der Waals surface area contributed by atoms with Crippen molar-refractivity contribution in [1.82, 2.24) is 5.32 Å². The number of carbonyl (C=O) groups excluding carboxylic acids is 3. The lowest BCUT2D eigenvalue weighted by Gasteiger charge is -2.24. The number of carbonyl (C=O) groups is 3. The van der Waals surface area contributed by atoms with E-state index in [9.17, 15) is 14.4 Å². The first kappa shape index (κ1) is 22.4. The summed E-state index contributed by atoms with van der Waals surface area (Å²) in [6.07, 6.45) is 1.45. The zero-order valence-corrected chi connectivity index (χ0v) is 16.3. The summed E-state index contributed by atoms with van der Waals surface area (Å²) in [5.41, 5.74) is 0.484. The number of para-hydroxylation sites is 1. The maximum Gasteiger partial charge on any atom is 0.329 e. The van der Waals surface area contributed by atoms with Gasteiger partial charge in [0.05, 0.1) is 6.42 Å². The highest BCUT2D eigenvalue weighted by Crippen LogP contribution is 2.16. The molecule has 0 bridgehead atoms. The van der Waals surface area contributed by atoms with E-state index in [1.807, 2.05) is 0 Å². The molecule has 0 aliphatic rings. The van der Waals surface area contributed by atoms with E-state index in [1.165, 1.54) is 7.11 Å². The summed E-state index contributed by atoms with van der Waals surface area (Å²) in [4.78, 5) is 36.3. The van der Waals surface area contributed by atoms with E-state index in [1.54, 1.807) is 45.0 Å². The number of anilines is 1. The predicted octanol–water partition coefficient (Wildman–Crippen LogP) is 2.22. The lowest BCUT2D eigenvalue weighted by Crippen LogP contribution is -2.45. The van der Waals surface area contributed by atoms with Crippen LogP contribution in [0.3, 0.4) is 0 Å². The highest BCUT2D eigenvalue weighted by Gasteiger charge is 2.26. The van der Waals surface area contributed by atoms with Gasteiger partial charge in [-0.1, -0.05) is 24.8 Å². The van der Waals surface area contributed by atoms with Crippen LogP contribution in [-0.4, -0.2) is 43.1 Å². The zero-order valence-electron chi connectivity index (χ0n) is 16.3. The number of amides is 2. The number of benzene rings is 1. The molecule has 27 heavy (non-hydrogen) atoms. The normalized spacial score (nSPS) is 12.0. The van der Waals surface area contributed by atoms with Gasteiger partial charge in [0.2, 0.25) is 11.8 Å². The Morgan fingerprint density at radius 1 is 1.22 bits per heavy atom. The molecule has 0 aromatic heterocycles. The third-order valence-electron chi connectivity index (χ3n) is 3.45. The topological polar surface area (TPSA) is 93.7 Å². The predicted molar refractivity (Wildman–Crippen MR) is 103 cm³/mol. The SMILES string of the molecule is C=CC(=O)Nc1ccccc1CC(=O)NC(CCOC)C(=O)OC(C)(C)C. The van der Waals surface area contributed by atoms with Crippen LogP contribution in [0.15, 0.2) is 36.9 Å². The molecule has 0 aliphatic carbocycles. The Morgan fingerprint density at radius 3 is 2.48 bits per heavy atom. The zero-order chi connectivity index (χ0) is 20.4.